The van der Waals surface area contributed by atoms with Crippen LogP contribution in [0.1, 0.15) is 17.9 Å². The minimum Gasteiger partial charge on any atom is -0.467 e. The Morgan fingerprint density at radius 3 is 2.50 bits per heavy atom. The molecule has 3 atom stereocenters. The first-order valence-electron chi connectivity index (χ1n) is 8.27. The zero-order chi connectivity index (χ0) is 16.4. The van der Waals surface area contributed by atoms with E-state index in [1.54, 1.807) is 0 Å². The van der Waals surface area contributed by atoms with Crippen molar-refractivity contribution in [1.29, 1.82) is 0 Å². The monoisotopic (exact) mass is 329 g/mol. The molecule has 0 amide bonds. The van der Waals surface area contributed by atoms with Gasteiger partial charge < -0.3 is 19.5 Å². The van der Waals surface area contributed by atoms with Crippen molar-refractivity contribution in [3.05, 3.63) is 59.9 Å². The van der Waals surface area contributed by atoms with Gasteiger partial charge in [0.15, 0.2) is 6.79 Å². The average Bonchev–Trinajstić information content (AvgIpc) is 2.79. The molecule has 24 heavy (non-hydrogen) atoms. The highest BCUT2D eigenvalue weighted by Gasteiger charge is 2.35. The van der Waals surface area contributed by atoms with Gasteiger partial charge in [0, 0.05) is 12.5 Å². The smallest absolute Gasteiger partial charge is 0.207 e. The van der Waals surface area contributed by atoms with E-state index >= 15 is 0 Å². The molecule has 2 aromatic carbocycles. The van der Waals surface area contributed by atoms with Crippen LogP contribution in [0, 0.1) is 11.7 Å². The van der Waals surface area contributed by atoms with Crippen LogP contribution >= 0.6 is 0 Å². The van der Waals surface area contributed by atoms with E-state index in [4.69, 9.17) is 14.2 Å². The fourth-order valence-corrected chi connectivity index (χ4v) is 3.46. The van der Waals surface area contributed by atoms with Crippen LogP contribution in [-0.2, 0) is 4.74 Å². The van der Waals surface area contributed by atoms with Gasteiger partial charge in [0.05, 0.1) is 0 Å². The zero-order valence-corrected chi connectivity index (χ0v) is 13.3. The van der Waals surface area contributed by atoms with Crippen molar-refractivity contribution >= 4 is 0 Å². The van der Waals surface area contributed by atoms with Crippen LogP contribution in [0.4, 0.5) is 4.39 Å². The fraction of sp³-hybridized carbons (Fsp3) is 0.368. The second-order valence-corrected chi connectivity index (χ2v) is 6.20. The van der Waals surface area contributed by atoms with Crippen molar-refractivity contribution in [3.63, 3.8) is 0 Å². The molecule has 3 aliphatic heterocycles. The molecule has 1 fully saturated rings. The van der Waals surface area contributed by atoms with Gasteiger partial charge >= 0.3 is 0 Å². The summed E-state index contributed by atoms with van der Waals surface area (Å²) in [5, 5.41) is 3.41. The molecular formula is C19H20FNO3. The van der Waals surface area contributed by atoms with Crippen molar-refractivity contribution in [2.24, 2.45) is 5.92 Å². The third-order valence-electron chi connectivity index (χ3n) is 4.71. The molecule has 4 nitrogen and oxygen atoms in total. The third-order valence-corrected chi connectivity index (χ3v) is 4.71. The Bertz CT molecular complexity index is 674. The first-order valence-corrected chi connectivity index (χ1v) is 8.27. The van der Waals surface area contributed by atoms with Gasteiger partial charge in [0.1, 0.15) is 17.3 Å². The second-order valence-electron chi connectivity index (χ2n) is 6.20. The fourth-order valence-electron chi connectivity index (χ4n) is 3.46. The summed E-state index contributed by atoms with van der Waals surface area (Å²) < 4.78 is 30.8. The highest BCUT2D eigenvalue weighted by atomic mass is 19.1. The van der Waals surface area contributed by atoms with E-state index in [1.165, 1.54) is 12.1 Å². The van der Waals surface area contributed by atoms with E-state index in [0.717, 1.165) is 36.6 Å². The topological polar surface area (TPSA) is 39.7 Å². The molecular weight excluding hydrogens is 309 g/mol. The van der Waals surface area contributed by atoms with Crippen molar-refractivity contribution in [3.8, 4) is 11.5 Å². The van der Waals surface area contributed by atoms with Crippen LogP contribution in [0.3, 0.4) is 0 Å². The Hall–Kier alpha value is -2.11. The minimum atomic E-state index is -0.422. The Balaban J connectivity index is 1.59. The number of nitrogens with one attached hydrogen (secondary N) is 1. The van der Waals surface area contributed by atoms with Gasteiger partial charge in [-0.15, -0.1) is 0 Å². The number of hydrogen-bond donors (Lipinski definition) is 1. The highest BCUT2D eigenvalue weighted by Crippen LogP contribution is 2.35. The molecule has 2 aromatic rings. The minimum absolute atomic E-state index is 0.115. The maximum absolute atomic E-state index is 13.3. The summed E-state index contributed by atoms with van der Waals surface area (Å²) >= 11 is 0. The first kappa shape index (κ1) is 15.4. The summed E-state index contributed by atoms with van der Waals surface area (Å²) in [6.07, 6.45) is 0.535. The Morgan fingerprint density at radius 1 is 0.958 bits per heavy atom. The van der Waals surface area contributed by atoms with Gasteiger partial charge in [-0.25, -0.2) is 4.39 Å². The van der Waals surface area contributed by atoms with Gasteiger partial charge in [-0.3, -0.25) is 0 Å². The molecule has 0 radical (unpaired) electrons. The van der Waals surface area contributed by atoms with Gasteiger partial charge in [-0.05, 0) is 60.8 Å². The molecule has 2 bridgehead atoms. The summed E-state index contributed by atoms with van der Waals surface area (Å²) in [5.41, 5.74) is 1.12. The molecule has 0 spiro atoms. The third kappa shape index (κ3) is 3.23. The standard InChI is InChI=1S/C19H20FNO3/c20-14-3-1-13(2-4-14)17-9-10-21-11-18(17)19-23-12-22-15-5-7-16(24-19)8-6-15/h1-8,17-19,21H,9-12H2/t17-,18+,19?/m0/s1. The Morgan fingerprint density at radius 2 is 1.71 bits per heavy atom. The number of piperidine rings is 1. The largest absolute Gasteiger partial charge is 0.467 e. The lowest BCUT2D eigenvalue weighted by Gasteiger charge is -2.37. The number of hydrogen-bond acceptors (Lipinski definition) is 4. The van der Waals surface area contributed by atoms with E-state index in [-0.39, 0.29) is 24.4 Å². The van der Waals surface area contributed by atoms with Crippen LogP contribution in [0.5, 0.6) is 11.5 Å². The predicted octanol–water partition coefficient (Wildman–Crippen LogP) is 3.29. The molecule has 1 N–H and O–H groups in total. The van der Waals surface area contributed by atoms with Crippen LogP contribution in [0.15, 0.2) is 48.5 Å². The molecule has 1 saturated heterocycles. The molecule has 5 heteroatoms. The van der Waals surface area contributed by atoms with Crippen LogP contribution in [0.25, 0.3) is 0 Å². The second kappa shape index (κ2) is 6.79. The van der Waals surface area contributed by atoms with Crippen molar-refractivity contribution in [2.75, 3.05) is 19.9 Å². The molecule has 0 saturated carbocycles. The summed E-state index contributed by atoms with van der Waals surface area (Å²) in [6.45, 7) is 1.86. The number of rotatable bonds is 2. The maximum Gasteiger partial charge on any atom is 0.207 e. The van der Waals surface area contributed by atoms with Crippen molar-refractivity contribution in [2.45, 2.75) is 18.6 Å². The van der Waals surface area contributed by atoms with Crippen LogP contribution < -0.4 is 14.8 Å². The molecule has 126 valence electrons. The summed E-state index contributed by atoms with van der Waals surface area (Å²) in [4.78, 5) is 0. The van der Waals surface area contributed by atoms with E-state index in [2.05, 4.69) is 5.32 Å². The van der Waals surface area contributed by atoms with Crippen molar-refractivity contribution in [1.82, 2.24) is 5.32 Å². The lowest BCUT2D eigenvalue weighted by molar-refractivity contribution is -0.159. The lowest BCUT2D eigenvalue weighted by atomic mass is 9.80. The molecule has 3 aliphatic rings. The normalized spacial score (nSPS) is 26.6. The zero-order valence-electron chi connectivity index (χ0n) is 13.3. The van der Waals surface area contributed by atoms with E-state index in [0.29, 0.717) is 0 Å². The number of benzene rings is 2. The van der Waals surface area contributed by atoms with Crippen molar-refractivity contribution < 1.29 is 18.6 Å². The average molecular weight is 329 g/mol. The first-order chi connectivity index (χ1) is 11.8. The molecule has 0 aromatic heterocycles. The number of fused-ring (bicyclic) bond motifs is 6. The SMILES string of the molecule is Fc1ccc([C@@H]2CCNC[C@H]2C2OCOc3ccc(cc3)O2)cc1. The summed E-state index contributed by atoms with van der Waals surface area (Å²) in [5.74, 6) is 1.67. The molecule has 1 unspecified atom stereocenters. The molecule has 3 heterocycles. The van der Waals surface area contributed by atoms with Crippen LogP contribution in [-0.4, -0.2) is 26.2 Å². The Labute approximate surface area is 140 Å². The summed E-state index contributed by atoms with van der Waals surface area (Å²) in [6, 6.07) is 14.3. The van der Waals surface area contributed by atoms with E-state index in [1.807, 2.05) is 36.4 Å². The molecule has 5 rings (SSSR count). The number of halogens is 1. The Kier molecular flexibility index (Phi) is 4.36. The van der Waals surface area contributed by atoms with Crippen LogP contribution in [0.2, 0.25) is 0 Å². The number of ether oxygens (including phenoxy) is 3. The van der Waals surface area contributed by atoms with Gasteiger partial charge in [0.2, 0.25) is 6.29 Å². The van der Waals surface area contributed by atoms with Gasteiger partial charge in [0.25, 0.3) is 0 Å². The molecule has 0 aliphatic carbocycles. The van der Waals surface area contributed by atoms with E-state index < -0.39 is 6.29 Å². The maximum atomic E-state index is 13.3. The quantitative estimate of drug-likeness (QED) is 0.918. The van der Waals surface area contributed by atoms with E-state index in [9.17, 15) is 4.39 Å². The van der Waals surface area contributed by atoms with Gasteiger partial charge in [-0.2, -0.15) is 0 Å². The van der Waals surface area contributed by atoms with Gasteiger partial charge in [-0.1, -0.05) is 12.1 Å². The highest BCUT2D eigenvalue weighted by molar-refractivity contribution is 5.31. The lowest BCUT2D eigenvalue weighted by Crippen LogP contribution is -2.45. The summed E-state index contributed by atoms with van der Waals surface area (Å²) in [7, 11) is 0. The predicted molar refractivity (Wildman–Crippen MR) is 87.6 cm³/mol.